The maximum atomic E-state index is 13.9. The molecule has 1 aromatic carbocycles. The predicted molar refractivity (Wildman–Crippen MR) is 157 cm³/mol. The lowest BCUT2D eigenvalue weighted by Gasteiger charge is -2.34. The molecule has 3 aliphatic rings. The first-order chi connectivity index (χ1) is 20.6. The highest BCUT2D eigenvalue weighted by Gasteiger charge is 2.55. The lowest BCUT2D eigenvalue weighted by molar-refractivity contribution is -0.142. The van der Waals surface area contributed by atoms with Crippen molar-refractivity contribution in [2.75, 3.05) is 13.7 Å². The molecule has 3 fully saturated rings. The maximum absolute atomic E-state index is 13.9. The van der Waals surface area contributed by atoms with E-state index in [2.05, 4.69) is 20.3 Å². The minimum Gasteiger partial charge on any atom is -0.497 e. The second kappa shape index (κ2) is 11.4. The number of benzene rings is 1. The number of rotatable bonds is 10. The Morgan fingerprint density at radius 2 is 1.84 bits per heavy atom. The van der Waals surface area contributed by atoms with Crippen LogP contribution in [0.4, 0.5) is 4.79 Å². The van der Waals surface area contributed by atoms with E-state index in [0.29, 0.717) is 24.0 Å². The van der Waals surface area contributed by atoms with Gasteiger partial charge in [-0.2, -0.15) is 0 Å². The Morgan fingerprint density at radius 1 is 1.14 bits per heavy atom. The van der Waals surface area contributed by atoms with Crippen molar-refractivity contribution in [2.24, 2.45) is 5.41 Å². The highest BCUT2D eigenvalue weighted by Crippen LogP contribution is 2.38. The van der Waals surface area contributed by atoms with Crippen LogP contribution in [0.5, 0.6) is 11.6 Å². The Hall–Kier alpha value is -4.14. The van der Waals surface area contributed by atoms with Crippen LogP contribution in [0.25, 0.3) is 10.8 Å². The van der Waals surface area contributed by atoms with Crippen molar-refractivity contribution in [2.45, 2.75) is 81.9 Å². The van der Waals surface area contributed by atoms with Gasteiger partial charge in [-0.05, 0) is 60.7 Å². The third-order valence-electron chi connectivity index (χ3n) is 8.19. The molecule has 4 N–H and O–H groups in total. The smallest absolute Gasteiger partial charge is 0.405 e. The molecule has 1 aliphatic heterocycles. The molecule has 2 aromatic rings. The van der Waals surface area contributed by atoms with E-state index < -0.39 is 68.2 Å². The molecule has 0 radical (unpaired) electrons. The molecule has 1 saturated heterocycles. The van der Waals surface area contributed by atoms with E-state index in [1.165, 1.54) is 4.90 Å². The third-order valence-corrected chi connectivity index (χ3v) is 10.0. The van der Waals surface area contributed by atoms with E-state index in [0.717, 1.165) is 5.39 Å². The van der Waals surface area contributed by atoms with Crippen molar-refractivity contribution in [3.63, 3.8) is 0 Å². The van der Waals surface area contributed by atoms with E-state index in [-0.39, 0.29) is 31.7 Å². The van der Waals surface area contributed by atoms with Gasteiger partial charge in [-0.3, -0.25) is 19.1 Å². The van der Waals surface area contributed by atoms with Crippen LogP contribution < -0.4 is 24.8 Å². The van der Waals surface area contributed by atoms with E-state index >= 15 is 0 Å². The number of aromatic nitrogens is 1. The monoisotopic (exact) mass is 631 g/mol. The predicted octanol–water partition coefficient (Wildman–Crippen LogP) is 1.53. The second-order valence-electron chi connectivity index (χ2n) is 12.7. The SMILES string of the molecule is COc1ccc2c(O[C@@H]3C[C@@H](C(=O)NC4(C(=O)NS(=O)(=O)C5CC5)CC4)N(C(=O)[C@@H](NC(=O)O)C(C)(C)C)C3)nccc2c1. The van der Waals surface area contributed by atoms with E-state index in [1.54, 1.807) is 52.3 Å². The molecule has 0 bridgehead atoms. The van der Waals surface area contributed by atoms with Gasteiger partial charge >= 0.3 is 6.09 Å². The van der Waals surface area contributed by atoms with Gasteiger partial charge in [0.15, 0.2) is 0 Å². The zero-order chi connectivity index (χ0) is 32.0. The molecule has 3 atom stereocenters. The maximum Gasteiger partial charge on any atom is 0.405 e. The number of carboxylic acid groups (broad SMARTS) is 1. The number of hydrogen-bond donors (Lipinski definition) is 4. The highest BCUT2D eigenvalue weighted by molar-refractivity contribution is 7.91. The summed E-state index contributed by atoms with van der Waals surface area (Å²) in [5.41, 5.74) is -2.26. The van der Waals surface area contributed by atoms with Gasteiger partial charge in [-0.25, -0.2) is 18.2 Å². The average molecular weight is 632 g/mol. The molecule has 5 rings (SSSR count). The number of pyridine rings is 1. The summed E-state index contributed by atoms with van der Waals surface area (Å²) in [6.07, 6.45) is 0.901. The van der Waals surface area contributed by atoms with Gasteiger partial charge in [0.1, 0.15) is 29.5 Å². The number of nitrogens with zero attached hydrogens (tertiary/aromatic N) is 2. The van der Waals surface area contributed by atoms with Crippen molar-refractivity contribution in [3.8, 4) is 11.6 Å². The number of ether oxygens (including phenoxy) is 2. The van der Waals surface area contributed by atoms with Gasteiger partial charge in [0.25, 0.3) is 5.91 Å². The standard InChI is InChI=1S/C29H37N5O9S/c1-28(2,3)22(31-27(38)39)25(36)34-15-18(43-24-20-8-5-17(42-4)13-16(20)9-12-30-24)14-21(34)23(35)32-29(10-11-29)26(37)33-44(40,41)19-6-7-19/h5,8-9,12-13,18-19,21-22,31H,6-7,10-11,14-15H2,1-4H3,(H,32,35)(H,33,37)(H,38,39)/t18-,21+,22-/m1/s1. The summed E-state index contributed by atoms with van der Waals surface area (Å²) >= 11 is 0. The Morgan fingerprint density at radius 3 is 2.43 bits per heavy atom. The first-order valence-electron chi connectivity index (χ1n) is 14.4. The van der Waals surface area contributed by atoms with Crippen LogP contribution in [0.15, 0.2) is 30.5 Å². The number of carbonyl (C=O) groups excluding carboxylic acids is 3. The first-order valence-corrected chi connectivity index (χ1v) is 16.0. The number of sulfonamides is 1. The van der Waals surface area contributed by atoms with Gasteiger partial charge < -0.3 is 30.1 Å². The number of fused-ring (bicyclic) bond motifs is 1. The largest absolute Gasteiger partial charge is 0.497 e. The minimum absolute atomic E-state index is 0.0216. The zero-order valence-corrected chi connectivity index (χ0v) is 25.8. The molecule has 0 spiro atoms. The number of amides is 4. The van der Waals surface area contributed by atoms with E-state index in [9.17, 15) is 32.7 Å². The Kier molecular flexibility index (Phi) is 8.12. The van der Waals surface area contributed by atoms with Crippen LogP contribution in [-0.2, 0) is 24.4 Å². The van der Waals surface area contributed by atoms with Gasteiger partial charge in [0.2, 0.25) is 27.7 Å². The van der Waals surface area contributed by atoms with Gasteiger partial charge in [0, 0.05) is 18.0 Å². The van der Waals surface area contributed by atoms with Crippen LogP contribution in [0, 0.1) is 5.41 Å². The molecule has 2 saturated carbocycles. The molecule has 2 aliphatic carbocycles. The van der Waals surface area contributed by atoms with Gasteiger partial charge in [-0.1, -0.05) is 20.8 Å². The lowest BCUT2D eigenvalue weighted by atomic mass is 9.85. The number of methoxy groups -OCH3 is 1. The summed E-state index contributed by atoms with van der Waals surface area (Å²) in [5, 5.41) is 15.3. The fourth-order valence-corrected chi connectivity index (χ4v) is 6.74. The van der Waals surface area contributed by atoms with E-state index in [4.69, 9.17) is 9.47 Å². The number of likely N-dealkylation sites (tertiary alicyclic amines) is 1. The zero-order valence-electron chi connectivity index (χ0n) is 25.0. The molecule has 2 heterocycles. The fourth-order valence-electron chi connectivity index (χ4n) is 5.36. The van der Waals surface area contributed by atoms with Crippen molar-refractivity contribution in [1.82, 2.24) is 25.2 Å². The summed E-state index contributed by atoms with van der Waals surface area (Å²) in [7, 11) is -2.27. The number of nitrogens with one attached hydrogen (secondary N) is 3. The molecule has 1 aromatic heterocycles. The summed E-state index contributed by atoms with van der Waals surface area (Å²) in [5.74, 6) is -1.18. The molecule has 15 heteroatoms. The topological polar surface area (TPSA) is 193 Å². The molecular weight excluding hydrogens is 594 g/mol. The normalized spacial score (nSPS) is 21.7. The third kappa shape index (κ3) is 6.51. The Bertz CT molecular complexity index is 1600. The molecule has 4 amide bonds. The van der Waals surface area contributed by atoms with Crippen molar-refractivity contribution in [1.29, 1.82) is 0 Å². The number of hydrogen-bond acceptors (Lipinski definition) is 9. The van der Waals surface area contributed by atoms with Crippen molar-refractivity contribution in [3.05, 3.63) is 30.5 Å². The first kappa shape index (κ1) is 31.3. The molecule has 44 heavy (non-hydrogen) atoms. The lowest BCUT2D eigenvalue weighted by Crippen LogP contribution is -2.59. The summed E-state index contributed by atoms with van der Waals surface area (Å²) in [6, 6.07) is 4.83. The van der Waals surface area contributed by atoms with Crippen LogP contribution in [0.2, 0.25) is 0 Å². The number of carbonyl (C=O) groups is 4. The fraction of sp³-hybridized carbons (Fsp3) is 0.552. The average Bonchev–Trinajstić information content (AvgIpc) is 3.88. The van der Waals surface area contributed by atoms with Crippen LogP contribution in [-0.4, -0.2) is 89.9 Å². The molecule has 238 valence electrons. The Labute approximate surface area is 254 Å². The van der Waals surface area contributed by atoms with Crippen LogP contribution in [0.1, 0.15) is 52.9 Å². The summed E-state index contributed by atoms with van der Waals surface area (Å²) in [4.78, 5) is 57.8. The van der Waals surface area contributed by atoms with Gasteiger partial charge in [0.05, 0.1) is 18.9 Å². The van der Waals surface area contributed by atoms with Crippen LogP contribution in [0.3, 0.4) is 0 Å². The molecule has 0 unspecified atom stereocenters. The molecular formula is C29H37N5O9S. The van der Waals surface area contributed by atoms with E-state index in [1.807, 2.05) is 6.07 Å². The van der Waals surface area contributed by atoms with Crippen molar-refractivity contribution < 1.29 is 42.2 Å². The quantitative estimate of drug-likeness (QED) is 0.299. The van der Waals surface area contributed by atoms with Crippen molar-refractivity contribution >= 4 is 44.6 Å². The van der Waals surface area contributed by atoms with Crippen LogP contribution >= 0.6 is 0 Å². The summed E-state index contributed by atoms with van der Waals surface area (Å²) in [6.45, 7) is 5.03. The summed E-state index contributed by atoms with van der Waals surface area (Å²) < 4.78 is 38.4. The molecule has 14 nitrogen and oxygen atoms in total. The Balaban J connectivity index is 1.40. The second-order valence-corrected chi connectivity index (χ2v) is 14.6. The minimum atomic E-state index is -3.83. The van der Waals surface area contributed by atoms with Gasteiger partial charge in [-0.15, -0.1) is 0 Å². The highest BCUT2D eigenvalue weighted by atomic mass is 32.2.